The van der Waals surface area contributed by atoms with Gasteiger partial charge in [-0.05, 0) is 84.7 Å². The highest BCUT2D eigenvalue weighted by atomic mass is 16.5. The number of hydrogen-bond acceptors (Lipinski definition) is 3. The van der Waals surface area contributed by atoms with Crippen molar-refractivity contribution in [3.05, 3.63) is 84.1 Å². The van der Waals surface area contributed by atoms with Crippen LogP contribution in [0.5, 0.6) is 5.75 Å². The Morgan fingerprint density at radius 2 is 1.74 bits per heavy atom. The van der Waals surface area contributed by atoms with Gasteiger partial charge in [0.05, 0.1) is 12.8 Å². The summed E-state index contributed by atoms with van der Waals surface area (Å²) in [6.45, 7) is 0. The Morgan fingerprint density at radius 3 is 2.68 bits per heavy atom. The summed E-state index contributed by atoms with van der Waals surface area (Å²) in [7, 11) is 1.66. The van der Waals surface area contributed by atoms with E-state index in [1.54, 1.807) is 19.4 Å². The van der Waals surface area contributed by atoms with Crippen molar-refractivity contribution >= 4 is 21.9 Å². The summed E-state index contributed by atoms with van der Waals surface area (Å²) in [5, 5.41) is 1.85. The van der Waals surface area contributed by atoms with E-state index >= 15 is 0 Å². The van der Waals surface area contributed by atoms with Crippen molar-refractivity contribution in [1.29, 1.82) is 0 Å². The van der Waals surface area contributed by atoms with Crippen LogP contribution in [-0.2, 0) is 12.7 Å². The van der Waals surface area contributed by atoms with Crippen LogP contribution in [-0.4, -0.2) is 12.1 Å². The lowest BCUT2D eigenvalue weighted by Crippen LogP contribution is -2.05. The average Bonchev–Trinajstić information content (AvgIpc) is 3.23. The molecule has 0 N–H and O–H groups in total. The Kier molecular flexibility index (Phi) is 3.38. The lowest BCUT2D eigenvalue weighted by molar-refractivity contribution is 0.416. The van der Waals surface area contributed by atoms with E-state index in [9.17, 15) is 0 Å². The first-order valence-corrected chi connectivity index (χ1v) is 10.4. The Balaban J connectivity index is 1.52. The second-order valence-corrected chi connectivity index (χ2v) is 7.66. The van der Waals surface area contributed by atoms with Crippen molar-refractivity contribution in [3.63, 3.8) is 0 Å². The van der Waals surface area contributed by atoms with E-state index in [4.69, 9.17) is 14.6 Å². The van der Waals surface area contributed by atoms with Crippen molar-refractivity contribution in [2.45, 2.75) is 25.6 Å². The number of methoxy groups -OCH3 is 1. The molecule has 2 aromatic heterocycles. The summed E-state index contributed by atoms with van der Waals surface area (Å²) in [5.74, 6) is 0.791. The zero-order valence-electron chi connectivity index (χ0n) is 21.1. The number of para-hydroxylation sites is 1. The molecule has 0 saturated heterocycles. The van der Waals surface area contributed by atoms with Gasteiger partial charge in [-0.15, -0.1) is 0 Å². The monoisotopic (exact) mass is 409 g/mol. The van der Waals surface area contributed by atoms with Crippen molar-refractivity contribution < 1.29 is 14.6 Å². The first kappa shape index (κ1) is 14.4. The lowest BCUT2D eigenvalue weighted by atomic mass is 9.89. The minimum Gasteiger partial charge on any atom is -0.496 e. The van der Waals surface area contributed by atoms with E-state index in [2.05, 4.69) is 4.98 Å². The minimum absolute atomic E-state index is 0.119. The molecule has 0 radical (unpaired) electrons. The predicted octanol–water partition coefficient (Wildman–Crippen LogP) is 7.20. The van der Waals surface area contributed by atoms with E-state index in [0.29, 0.717) is 16.8 Å². The summed E-state index contributed by atoms with van der Waals surface area (Å²) in [6.07, 6.45) is -1.39. The second-order valence-electron chi connectivity index (χ2n) is 7.66. The highest BCUT2D eigenvalue weighted by molar-refractivity contribution is 6.07. The van der Waals surface area contributed by atoms with Crippen LogP contribution >= 0.6 is 0 Å². The molecule has 0 unspecified atom stereocenters. The third kappa shape index (κ3) is 3.00. The number of rotatable bonds is 3. The first-order chi connectivity index (χ1) is 16.8. The number of ether oxygens (including phenoxy) is 1. The van der Waals surface area contributed by atoms with Gasteiger partial charge in [-0.2, -0.15) is 0 Å². The molecule has 2 heterocycles. The molecule has 3 heteroatoms. The Labute approximate surface area is 186 Å². The number of aryl methyl sites for hydroxylation is 1. The molecule has 1 aliphatic carbocycles. The highest BCUT2D eigenvalue weighted by Gasteiger charge is 2.17. The molecule has 0 atom stereocenters. The maximum absolute atomic E-state index is 8.61. The second kappa shape index (κ2) is 7.28. The number of hydrogen-bond donors (Lipinski definition) is 0. The van der Waals surface area contributed by atoms with Crippen LogP contribution < -0.4 is 4.74 Å². The van der Waals surface area contributed by atoms with Gasteiger partial charge in [0.15, 0.2) is 0 Å². The topological polar surface area (TPSA) is 35.3 Å². The largest absolute Gasteiger partial charge is 0.496 e. The van der Waals surface area contributed by atoms with E-state index in [1.165, 1.54) is 0 Å². The van der Waals surface area contributed by atoms with Gasteiger partial charge in [0.1, 0.15) is 16.9 Å². The van der Waals surface area contributed by atoms with Crippen molar-refractivity contribution in [2.75, 3.05) is 7.11 Å². The number of aromatic nitrogens is 1. The minimum atomic E-state index is -1.65. The SMILES string of the molecule is [2H]C1([2H])CCC([2H])([2H])c2c1ccnc2-c1ccc2oc3cc(-c4ccccc4OC)ccc3c2c1. The Bertz CT molecular complexity index is 1610. The zero-order valence-corrected chi connectivity index (χ0v) is 17.1. The summed E-state index contributed by atoms with van der Waals surface area (Å²) >= 11 is 0. The van der Waals surface area contributed by atoms with Gasteiger partial charge in [-0.25, -0.2) is 0 Å². The van der Waals surface area contributed by atoms with Crippen LogP contribution in [0.3, 0.4) is 0 Å². The van der Waals surface area contributed by atoms with Crippen LogP contribution in [0.2, 0.25) is 0 Å². The number of pyridine rings is 1. The Morgan fingerprint density at radius 1 is 0.871 bits per heavy atom. The molecule has 0 amide bonds. The third-order valence-corrected chi connectivity index (χ3v) is 5.86. The highest BCUT2D eigenvalue weighted by Crippen LogP contribution is 2.38. The molecular weight excluding hydrogens is 382 g/mol. The van der Waals surface area contributed by atoms with Gasteiger partial charge in [-0.3, -0.25) is 4.98 Å². The molecule has 0 aliphatic heterocycles. The average molecular weight is 410 g/mol. The summed E-state index contributed by atoms with van der Waals surface area (Å²) in [4.78, 5) is 4.52. The van der Waals surface area contributed by atoms with Crippen LogP contribution in [0.1, 0.15) is 29.5 Å². The molecule has 5 aromatic rings. The summed E-state index contributed by atoms with van der Waals surface area (Å²) < 4.78 is 45.8. The lowest BCUT2D eigenvalue weighted by Gasteiger charge is -2.18. The van der Waals surface area contributed by atoms with E-state index in [0.717, 1.165) is 44.4 Å². The van der Waals surface area contributed by atoms with Gasteiger partial charge in [0, 0.05) is 33.6 Å². The van der Waals surface area contributed by atoms with E-state index in [-0.39, 0.29) is 12.8 Å². The molecule has 3 nitrogen and oxygen atoms in total. The Hall–Kier alpha value is -3.59. The molecule has 31 heavy (non-hydrogen) atoms. The van der Waals surface area contributed by atoms with E-state index in [1.807, 2.05) is 60.7 Å². The van der Waals surface area contributed by atoms with Gasteiger partial charge in [-0.1, -0.05) is 24.3 Å². The number of fused-ring (bicyclic) bond motifs is 4. The molecule has 152 valence electrons. The normalized spacial score (nSPS) is 18.6. The van der Waals surface area contributed by atoms with E-state index < -0.39 is 12.7 Å². The zero-order chi connectivity index (χ0) is 24.4. The van der Waals surface area contributed by atoms with Crippen LogP contribution in [0.4, 0.5) is 0 Å². The standard InChI is InChI=1S/C28H23NO2/c1-30-25-9-5-4-7-21(25)19-10-12-23-24-16-20(11-13-26(24)31-27(23)17-19)28-22-8-3-2-6-18(22)14-15-29-28/h4-5,7,9-17H,2-3,6,8H2,1H3/i6D2,8D2. The maximum atomic E-state index is 8.61. The summed E-state index contributed by atoms with van der Waals surface area (Å²) in [6, 6.07) is 21.2. The molecule has 0 fully saturated rings. The summed E-state index contributed by atoms with van der Waals surface area (Å²) in [5.41, 5.74) is 5.40. The molecule has 6 rings (SSSR count). The van der Waals surface area contributed by atoms with Gasteiger partial charge in [0.2, 0.25) is 0 Å². The predicted molar refractivity (Wildman–Crippen MR) is 126 cm³/mol. The van der Waals surface area contributed by atoms with Crippen LogP contribution in [0.25, 0.3) is 44.3 Å². The fraction of sp³-hybridized carbons (Fsp3) is 0.179. The number of furan rings is 1. The molecule has 3 aromatic carbocycles. The van der Waals surface area contributed by atoms with Crippen molar-refractivity contribution in [1.82, 2.24) is 4.98 Å². The third-order valence-electron chi connectivity index (χ3n) is 5.86. The quantitative estimate of drug-likeness (QED) is 0.316. The molecule has 0 bridgehead atoms. The van der Waals surface area contributed by atoms with Crippen molar-refractivity contribution in [2.24, 2.45) is 0 Å². The van der Waals surface area contributed by atoms with Crippen LogP contribution in [0, 0.1) is 0 Å². The molecular formula is C28H23NO2. The van der Waals surface area contributed by atoms with Crippen molar-refractivity contribution in [3.8, 4) is 28.1 Å². The fourth-order valence-corrected chi connectivity index (χ4v) is 4.37. The first-order valence-electron chi connectivity index (χ1n) is 12.4. The fourth-order valence-electron chi connectivity index (χ4n) is 4.37. The smallest absolute Gasteiger partial charge is 0.136 e. The molecule has 1 aliphatic rings. The molecule has 0 saturated carbocycles. The number of nitrogens with zero attached hydrogens (tertiary/aromatic N) is 1. The van der Waals surface area contributed by atoms with Crippen LogP contribution in [0.15, 0.2) is 77.3 Å². The van der Waals surface area contributed by atoms with Gasteiger partial charge in [0.25, 0.3) is 0 Å². The van der Waals surface area contributed by atoms with Gasteiger partial charge >= 0.3 is 0 Å². The van der Waals surface area contributed by atoms with Gasteiger partial charge < -0.3 is 9.15 Å². The molecule has 0 spiro atoms. The maximum Gasteiger partial charge on any atom is 0.136 e. The number of benzene rings is 3.